The minimum Gasteiger partial charge on any atom is -0.493 e. The third kappa shape index (κ3) is 4.42. The summed E-state index contributed by atoms with van der Waals surface area (Å²) in [6.07, 6.45) is 0.791. The van der Waals surface area contributed by atoms with Crippen molar-refractivity contribution in [3.63, 3.8) is 0 Å². The molecule has 1 N–H and O–H groups in total. The van der Waals surface area contributed by atoms with Crippen LogP contribution in [0.2, 0.25) is 0 Å². The number of hydrogen-bond acceptors (Lipinski definition) is 7. The summed E-state index contributed by atoms with van der Waals surface area (Å²) in [7, 11) is 3.21. The van der Waals surface area contributed by atoms with Crippen molar-refractivity contribution in [2.45, 2.75) is 51.6 Å². The number of Topliss-reactive ketones (excluding diaryl/α,β-unsaturated/α-hetero) is 1. The summed E-state index contributed by atoms with van der Waals surface area (Å²) in [6.45, 7) is 5.54. The summed E-state index contributed by atoms with van der Waals surface area (Å²) < 4.78 is 16.4. The van der Waals surface area contributed by atoms with Crippen molar-refractivity contribution in [3.8, 4) is 11.5 Å². The highest BCUT2D eigenvalue weighted by Gasteiger charge is 2.42. The first-order valence-electron chi connectivity index (χ1n) is 11.0. The van der Waals surface area contributed by atoms with Crippen LogP contribution in [0.1, 0.15) is 55.9 Å². The van der Waals surface area contributed by atoms with Crippen LogP contribution in [0, 0.1) is 0 Å². The SMILES string of the molecule is COc1ccc([C@H]2CC(=O)C3=C(C2)NC(C)=C(C(=O)OC(C)C)[C@@H]3c2cccs2)cc1OC. The van der Waals surface area contributed by atoms with E-state index in [1.165, 1.54) is 0 Å². The Morgan fingerprint density at radius 3 is 2.52 bits per heavy atom. The van der Waals surface area contributed by atoms with E-state index in [9.17, 15) is 9.59 Å². The molecule has 0 unspecified atom stereocenters. The van der Waals surface area contributed by atoms with Crippen LogP contribution in [-0.2, 0) is 14.3 Å². The maximum Gasteiger partial charge on any atom is 0.337 e. The summed E-state index contributed by atoms with van der Waals surface area (Å²) in [5, 5.41) is 5.35. The van der Waals surface area contributed by atoms with Gasteiger partial charge in [-0.25, -0.2) is 4.79 Å². The second-order valence-electron chi connectivity index (χ2n) is 8.60. The number of esters is 1. The number of ketones is 1. The summed E-state index contributed by atoms with van der Waals surface area (Å²) in [5.41, 5.74) is 3.83. The lowest BCUT2D eigenvalue weighted by Crippen LogP contribution is -2.36. The maximum atomic E-state index is 13.6. The number of dihydropyridines is 1. The van der Waals surface area contributed by atoms with Gasteiger partial charge in [-0.05, 0) is 62.3 Å². The fourth-order valence-corrected chi connectivity index (χ4v) is 5.51. The van der Waals surface area contributed by atoms with Gasteiger partial charge in [0.05, 0.1) is 31.8 Å². The van der Waals surface area contributed by atoms with E-state index < -0.39 is 5.92 Å². The maximum absolute atomic E-state index is 13.6. The van der Waals surface area contributed by atoms with Crippen LogP contribution < -0.4 is 14.8 Å². The summed E-state index contributed by atoms with van der Waals surface area (Å²) in [4.78, 5) is 27.6. The van der Waals surface area contributed by atoms with Crippen LogP contribution in [0.25, 0.3) is 0 Å². The zero-order chi connectivity index (χ0) is 23.7. The van der Waals surface area contributed by atoms with Crippen molar-refractivity contribution in [1.29, 1.82) is 0 Å². The Hall–Kier alpha value is -3.06. The predicted octanol–water partition coefficient (Wildman–Crippen LogP) is 5.08. The van der Waals surface area contributed by atoms with Gasteiger partial charge in [0, 0.05) is 28.3 Å². The monoisotopic (exact) mass is 467 g/mol. The number of thiophene rings is 1. The number of ether oxygens (including phenoxy) is 3. The standard InChI is InChI=1S/C26H29NO5S/c1-14(2)32-26(29)23-15(3)27-18-11-17(16-8-9-20(30-4)21(13-16)31-5)12-19(28)24(18)25(23)22-7-6-10-33-22/h6-10,13-14,17,25,27H,11-12H2,1-5H3/t17-,25+/m1/s1. The number of methoxy groups -OCH3 is 2. The van der Waals surface area contributed by atoms with Crippen LogP contribution in [0.4, 0.5) is 0 Å². The largest absolute Gasteiger partial charge is 0.493 e. The van der Waals surface area contributed by atoms with Crippen LogP contribution in [-0.4, -0.2) is 32.1 Å². The van der Waals surface area contributed by atoms with E-state index in [4.69, 9.17) is 14.2 Å². The third-order valence-electron chi connectivity index (χ3n) is 6.10. The summed E-state index contributed by atoms with van der Waals surface area (Å²) in [5.74, 6) is 0.559. The highest BCUT2D eigenvalue weighted by molar-refractivity contribution is 7.10. The predicted molar refractivity (Wildman–Crippen MR) is 128 cm³/mol. The molecule has 0 fully saturated rings. The van der Waals surface area contributed by atoms with Gasteiger partial charge in [-0.15, -0.1) is 11.3 Å². The Labute approximate surface area is 198 Å². The van der Waals surface area contributed by atoms with E-state index in [0.717, 1.165) is 21.8 Å². The van der Waals surface area contributed by atoms with Gasteiger partial charge >= 0.3 is 5.97 Å². The highest BCUT2D eigenvalue weighted by atomic mass is 32.1. The fraction of sp³-hybridized carbons (Fsp3) is 0.385. The van der Waals surface area contributed by atoms with Crippen LogP contribution in [0.5, 0.6) is 11.5 Å². The van der Waals surface area contributed by atoms with E-state index in [-0.39, 0.29) is 23.8 Å². The number of hydrogen-bond donors (Lipinski definition) is 1. The molecule has 1 aliphatic carbocycles. The molecule has 2 aliphatic rings. The van der Waals surface area contributed by atoms with Crippen molar-refractivity contribution in [2.24, 2.45) is 0 Å². The van der Waals surface area contributed by atoms with Gasteiger partial charge in [0.15, 0.2) is 17.3 Å². The van der Waals surface area contributed by atoms with Crippen molar-refractivity contribution >= 4 is 23.1 Å². The second-order valence-corrected chi connectivity index (χ2v) is 9.58. The van der Waals surface area contributed by atoms with E-state index >= 15 is 0 Å². The smallest absolute Gasteiger partial charge is 0.337 e. The number of allylic oxidation sites excluding steroid dienone is 3. The molecule has 2 atom stereocenters. The van der Waals surface area contributed by atoms with E-state index in [2.05, 4.69) is 5.32 Å². The molecule has 0 radical (unpaired) electrons. The number of benzene rings is 1. The zero-order valence-corrected chi connectivity index (χ0v) is 20.4. The minimum atomic E-state index is -0.411. The van der Waals surface area contributed by atoms with E-state index in [1.807, 2.05) is 56.5 Å². The van der Waals surface area contributed by atoms with E-state index in [1.54, 1.807) is 25.6 Å². The Kier molecular flexibility index (Phi) is 6.61. The Morgan fingerprint density at radius 1 is 1.12 bits per heavy atom. The molecule has 174 valence electrons. The summed E-state index contributed by atoms with van der Waals surface area (Å²) >= 11 is 1.55. The van der Waals surface area contributed by atoms with Crippen LogP contribution >= 0.6 is 11.3 Å². The fourth-order valence-electron chi connectivity index (χ4n) is 4.67. The molecule has 1 aromatic heterocycles. The lowest BCUT2D eigenvalue weighted by Gasteiger charge is -2.36. The van der Waals surface area contributed by atoms with Gasteiger partial charge in [-0.2, -0.15) is 0 Å². The molecule has 2 heterocycles. The Bertz CT molecular complexity index is 1130. The molecule has 4 rings (SSSR count). The first-order chi connectivity index (χ1) is 15.8. The molecular formula is C26H29NO5S. The molecule has 0 amide bonds. The van der Waals surface area contributed by atoms with Crippen molar-refractivity contribution in [3.05, 3.63) is 68.7 Å². The third-order valence-corrected chi connectivity index (χ3v) is 7.03. The normalized spacial score (nSPS) is 20.5. The quantitative estimate of drug-likeness (QED) is 0.598. The van der Waals surface area contributed by atoms with Crippen molar-refractivity contribution in [2.75, 3.05) is 14.2 Å². The molecule has 33 heavy (non-hydrogen) atoms. The second kappa shape index (κ2) is 9.43. The molecule has 2 aromatic rings. The molecule has 0 saturated carbocycles. The van der Waals surface area contributed by atoms with Crippen molar-refractivity contribution in [1.82, 2.24) is 5.32 Å². The van der Waals surface area contributed by atoms with Gasteiger partial charge in [0.2, 0.25) is 0 Å². The molecule has 0 saturated heterocycles. The van der Waals surface area contributed by atoms with Crippen LogP contribution in [0.3, 0.4) is 0 Å². The molecular weight excluding hydrogens is 438 g/mol. The molecule has 1 aromatic carbocycles. The molecule has 0 bridgehead atoms. The van der Waals surface area contributed by atoms with Crippen molar-refractivity contribution < 1.29 is 23.8 Å². The number of carbonyl (C=O) groups is 2. The van der Waals surface area contributed by atoms with Gasteiger partial charge in [-0.3, -0.25) is 4.79 Å². The lowest BCUT2D eigenvalue weighted by atomic mass is 9.73. The first-order valence-corrected chi connectivity index (χ1v) is 11.9. The summed E-state index contributed by atoms with van der Waals surface area (Å²) in [6, 6.07) is 9.72. The Balaban J connectivity index is 1.73. The average molecular weight is 468 g/mol. The molecule has 1 aliphatic heterocycles. The average Bonchev–Trinajstić information content (AvgIpc) is 3.31. The lowest BCUT2D eigenvalue weighted by molar-refractivity contribution is -0.143. The first kappa shape index (κ1) is 23.1. The minimum absolute atomic E-state index is 0.00417. The van der Waals surface area contributed by atoms with Gasteiger partial charge in [0.25, 0.3) is 0 Å². The van der Waals surface area contributed by atoms with Gasteiger partial charge in [-0.1, -0.05) is 12.1 Å². The number of carbonyl (C=O) groups excluding carboxylic acids is 2. The highest BCUT2D eigenvalue weighted by Crippen LogP contribution is 2.47. The van der Waals surface area contributed by atoms with Gasteiger partial charge in [0.1, 0.15) is 0 Å². The van der Waals surface area contributed by atoms with E-state index in [0.29, 0.717) is 35.5 Å². The van der Waals surface area contributed by atoms with Gasteiger partial charge < -0.3 is 19.5 Å². The Morgan fingerprint density at radius 2 is 1.88 bits per heavy atom. The number of rotatable bonds is 6. The molecule has 0 spiro atoms. The topological polar surface area (TPSA) is 73.9 Å². The van der Waals surface area contributed by atoms with Crippen LogP contribution in [0.15, 0.2) is 58.3 Å². The molecule has 7 heteroatoms. The number of nitrogens with one attached hydrogen (secondary N) is 1. The molecule has 6 nitrogen and oxygen atoms in total. The zero-order valence-electron chi connectivity index (χ0n) is 19.6.